The van der Waals surface area contributed by atoms with Gasteiger partial charge in [-0.2, -0.15) is 5.10 Å². The smallest absolute Gasteiger partial charge is 0.159 e. The second-order valence-electron chi connectivity index (χ2n) is 4.98. The van der Waals surface area contributed by atoms with E-state index < -0.39 is 0 Å². The van der Waals surface area contributed by atoms with E-state index in [1.807, 2.05) is 32.4 Å². The molecule has 0 spiro atoms. The number of hydrazine groups is 1. The van der Waals surface area contributed by atoms with Gasteiger partial charge >= 0.3 is 0 Å². The highest BCUT2D eigenvalue weighted by molar-refractivity contribution is 5.42. The van der Waals surface area contributed by atoms with Gasteiger partial charge in [0.05, 0.1) is 5.69 Å². The second kappa shape index (κ2) is 4.97. The van der Waals surface area contributed by atoms with E-state index in [4.69, 9.17) is 5.84 Å². The minimum absolute atomic E-state index is 0.227. The molecule has 0 aliphatic rings. The molecule has 2 rings (SSSR count). The van der Waals surface area contributed by atoms with Crippen LogP contribution in [0.4, 0.5) is 5.82 Å². The summed E-state index contributed by atoms with van der Waals surface area (Å²) in [5.41, 5.74) is 5.84. The van der Waals surface area contributed by atoms with Crippen molar-refractivity contribution in [1.29, 1.82) is 0 Å². The normalized spacial score (nSPS) is 11.1. The third kappa shape index (κ3) is 2.44. The summed E-state index contributed by atoms with van der Waals surface area (Å²) in [4.78, 5) is 8.91. The minimum Gasteiger partial charge on any atom is -0.308 e. The number of anilines is 1. The summed E-state index contributed by atoms with van der Waals surface area (Å²) in [7, 11) is 0. The molecule has 0 fully saturated rings. The Bertz CT molecular complexity index is 599. The molecule has 0 aromatic carbocycles. The quantitative estimate of drug-likeness (QED) is 0.651. The molecule has 0 amide bonds. The molecule has 0 aliphatic heterocycles. The average molecular weight is 260 g/mol. The third-order valence-electron chi connectivity index (χ3n) is 3.26. The van der Waals surface area contributed by atoms with E-state index in [9.17, 15) is 0 Å². The lowest BCUT2D eigenvalue weighted by molar-refractivity contribution is 0.736. The largest absolute Gasteiger partial charge is 0.308 e. The molecular weight excluding hydrogens is 240 g/mol. The number of nitrogens with zero attached hydrogens (tertiary/aromatic N) is 4. The Hall–Kier alpha value is -1.95. The number of hydrogen-bond acceptors (Lipinski definition) is 5. The predicted molar refractivity (Wildman–Crippen MR) is 75.3 cm³/mol. The van der Waals surface area contributed by atoms with Gasteiger partial charge in [-0.25, -0.2) is 20.5 Å². The summed E-state index contributed by atoms with van der Waals surface area (Å²) < 4.78 is 1.83. The van der Waals surface area contributed by atoms with Crippen molar-refractivity contribution in [3.8, 4) is 5.82 Å². The van der Waals surface area contributed by atoms with Crippen LogP contribution in [0.2, 0.25) is 0 Å². The van der Waals surface area contributed by atoms with Gasteiger partial charge in [0.1, 0.15) is 11.6 Å². The van der Waals surface area contributed by atoms with Gasteiger partial charge in [-0.05, 0) is 26.3 Å². The standard InChI is InChI=1S/C13H20N6/c1-7(2)13-15-11(17-14)6-12(16-13)19-10(5)8(3)9(4)18-19/h6-7H,14H2,1-5H3,(H,15,16,17). The molecule has 0 saturated carbocycles. The topological polar surface area (TPSA) is 81.7 Å². The van der Waals surface area contributed by atoms with Gasteiger partial charge in [0.25, 0.3) is 0 Å². The maximum absolute atomic E-state index is 5.47. The lowest BCUT2D eigenvalue weighted by Crippen LogP contribution is -2.13. The average Bonchev–Trinajstić information content (AvgIpc) is 2.66. The summed E-state index contributed by atoms with van der Waals surface area (Å²) in [5, 5.41) is 4.51. The first-order valence-electron chi connectivity index (χ1n) is 6.32. The summed E-state index contributed by atoms with van der Waals surface area (Å²) in [6.07, 6.45) is 0. The number of aromatic nitrogens is 4. The molecule has 0 aliphatic carbocycles. The lowest BCUT2D eigenvalue weighted by Gasteiger charge is -2.10. The van der Waals surface area contributed by atoms with Crippen molar-refractivity contribution in [2.75, 3.05) is 5.43 Å². The minimum atomic E-state index is 0.227. The first kappa shape index (κ1) is 13.5. The maximum atomic E-state index is 5.47. The molecule has 6 heteroatoms. The number of nitrogens with one attached hydrogen (secondary N) is 1. The molecule has 2 aromatic rings. The van der Waals surface area contributed by atoms with Crippen LogP contribution in [0.25, 0.3) is 5.82 Å². The van der Waals surface area contributed by atoms with E-state index in [0.29, 0.717) is 5.82 Å². The number of hydrogen-bond donors (Lipinski definition) is 2. The fourth-order valence-electron chi connectivity index (χ4n) is 1.84. The Kier molecular flexibility index (Phi) is 3.53. The van der Waals surface area contributed by atoms with E-state index in [1.165, 1.54) is 5.56 Å². The molecular formula is C13H20N6. The molecule has 0 radical (unpaired) electrons. The van der Waals surface area contributed by atoms with Crippen LogP contribution in [0.1, 0.15) is 42.5 Å². The van der Waals surface area contributed by atoms with E-state index >= 15 is 0 Å². The Labute approximate surface area is 113 Å². The van der Waals surface area contributed by atoms with E-state index in [2.05, 4.69) is 27.4 Å². The molecule has 6 nitrogen and oxygen atoms in total. The van der Waals surface area contributed by atoms with Crippen molar-refractivity contribution in [2.24, 2.45) is 5.84 Å². The lowest BCUT2D eigenvalue weighted by atomic mass is 10.2. The Morgan fingerprint density at radius 3 is 2.37 bits per heavy atom. The van der Waals surface area contributed by atoms with Gasteiger partial charge in [0.15, 0.2) is 5.82 Å². The third-order valence-corrected chi connectivity index (χ3v) is 3.26. The van der Waals surface area contributed by atoms with Crippen molar-refractivity contribution in [3.63, 3.8) is 0 Å². The van der Waals surface area contributed by atoms with Gasteiger partial charge in [-0.3, -0.25) is 0 Å². The summed E-state index contributed by atoms with van der Waals surface area (Å²) in [6.45, 7) is 10.2. The van der Waals surface area contributed by atoms with Crippen LogP contribution in [-0.4, -0.2) is 19.7 Å². The highest BCUT2D eigenvalue weighted by Gasteiger charge is 2.13. The Balaban J connectivity index is 2.61. The van der Waals surface area contributed by atoms with E-state index in [0.717, 1.165) is 23.0 Å². The van der Waals surface area contributed by atoms with Gasteiger partial charge in [0, 0.05) is 17.7 Å². The summed E-state index contributed by atoms with van der Waals surface area (Å²) in [5.74, 6) is 7.77. The molecule has 0 atom stereocenters. The second-order valence-corrected chi connectivity index (χ2v) is 4.98. The monoisotopic (exact) mass is 260 g/mol. The maximum Gasteiger partial charge on any atom is 0.159 e. The number of rotatable bonds is 3. The zero-order valence-electron chi connectivity index (χ0n) is 12.0. The van der Waals surface area contributed by atoms with Gasteiger partial charge in [0.2, 0.25) is 0 Å². The molecule has 102 valence electrons. The van der Waals surface area contributed by atoms with Crippen LogP contribution in [0.15, 0.2) is 6.07 Å². The zero-order valence-corrected chi connectivity index (χ0v) is 12.0. The number of nitrogen functional groups attached to an aromatic ring is 1. The highest BCUT2D eigenvalue weighted by Crippen LogP contribution is 2.19. The van der Waals surface area contributed by atoms with Crippen molar-refractivity contribution in [1.82, 2.24) is 19.7 Å². The number of aryl methyl sites for hydroxylation is 1. The first-order valence-corrected chi connectivity index (χ1v) is 6.32. The highest BCUT2D eigenvalue weighted by atomic mass is 15.3. The zero-order chi connectivity index (χ0) is 14.2. The van der Waals surface area contributed by atoms with Crippen molar-refractivity contribution >= 4 is 5.82 Å². The molecule has 19 heavy (non-hydrogen) atoms. The molecule has 2 heterocycles. The predicted octanol–water partition coefficient (Wildman–Crippen LogP) is 2.00. The van der Waals surface area contributed by atoms with Gasteiger partial charge in [-0.1, -0.05) is 13.8 Å². The van der Waals surface area contributed by atoms with Crippen molar-refractivity contribution in [3.05, 3.63) is 28.8 Å². The first-order chi connectivity index (χ1) is 8.93. The fourth-order valence-corrected chi connectivity index (χ4v) is 1.84. The summed E-state index contributed by atoms with van der Waals surface area (Å²) in [6, 6.07) is 1.80. The molecule has 3 N–H and O–H groups in total. The number of nitrogens with two attached hydrogens (primary N) is 1. The SMILES string of the molecule is Cc1nn(-c2cc(NN)nc(C(C)C)n2)c(C)c1C. The van der Waals surface area contributed by atoms with Crippen LogP contribution in [-0.2, 0) is 0 Å². The van der Waals surface area contributed by atoms with E-state index in [1.54, 1.807) is 6.07 Å². The summed E-state index contributed by atoms with van der Waals surface area (Å²) >= 11 is 0. The van der Waals surface area contributed by atoms with Crippen LogP contribution in [0.5, 0.6) is 0 Å². The Morgan fingerprint density at radius 1 is 1.21 bits per heavy atom. The van der Waals surface area contributed by atoms with Crippen LogP contribution >= 0.6 is 0 Å². The molecule has 2 aromatic heterocycles. The van der Waals surface area contributed by atoms with E-state index in [-0.39, 0.29) is 5.92 Å². The molecule has 0 saturated heterocycles. The Morgan fingerprint density at radius 2 is 1.89 bits per heavy atom. The van der Waals surface area contributed by atoms with Crippen LogP contribution in [0.3, 0.4) is 0 Å². The van der Waals surface area contributed by atoms with Crippen molar-refractivity contribution < 1.29 is 0 Å². The molecule has 0 unspecified atom stereocenters. The van der Waals surface area contributed by atoms with Crippen LogP contribution in [0, 0.1) is 20.8 Å². The van der Waals surface area contributed by atoms with Gasteiger partial charge in [-0.15, -0.1) is 0 Å². The van der Waals surface area contributed by atoms with Gasteiger partial charge < -0.3 is 5.43 Å². The van der Waals surface area contributed by atoms with Crippen LogP contribution < -0.4 is 11.3 Å². The van der Waals surface area contributed by atoms with Crippen molar-refractivity contribution in [2.45, 2.75) is 40.5 Å². The fraction of sp³-hybridized carbons (Fsp3) is 0.462. The molecule has 0 bridgehead atoms.